The third kappa shape index (κ3) is 3.62. The summed E-state index contributed by atoms with van der Waals surface area (Å²) in [7, 11) is 0. The van der Waals surface area contributed by atoms with Gasteiger partial charge in [0.05, 0.1) is 6.61 Å². The topological polar surface area (TPSA) is 21.3 Å². The van der Waals surface area contributed by atoms with Crippen molar-refractivity contribution in [1.29, 1.82) is 0 Å². The van der Waals surface area contributed by atoms with Crippen molar-refractivity contribution in [3.8, 4) is 0 Å². The normalized spacial score (nSPS) is 17.3. The average molecular weight is 219 g/mol. The minimum atomic E-state index is 0.564. The number of hydrogen-bond acceptors (Lipinski definition) is 2. The van der Waals surface area contributed by atoms with E-state index in [4.69, 9.17) is 4.84 Å². The Bertz CT molecular complexity index is 295. The Morgan fingerprint density at radius 2 is 2.06 bits per heavy atom. The second kappa shape index (κ2) is 6.02. The highest BCUT2D eigenvalue weighted by atomic mass is 16.6. The molecule has 0 amide bonds. The fourth-order valence-corrected chi connectivity index (χ4v) is 2.01. The van der Waals surface area contributed by atoms with Gasteiger partial charge in [0.25, 0.3) is 0 Å². The van der Waals surface area contributed by atoms with Gasteiger partial charge in [0.15, 0.2) is 0 Å². The Labute approximate surface area is 98.0 Å². The molecule has 0 bridgehead atoms. The maximum absolute atomic E-state index is 5.59. The standard InChI is InChI=1S/C14H21NO/c1-2-6-14(13-9-10-13)15-16-11-12-7-4-3-5-8-12/h3-5,7-8,13-15H,2,6,9-11H2,1H3. The predicted molar refractivity (Wildman–Crippen MR) is 65.8 cm³/mol. The zero-order valence-corrected chi connectivity index (χ0v) is 9.99. The van der Waals surface area contributed by atoms with Gasteiger partial charge in [-0.05, 0) is 30.7 Å². The average Bonchev–Trinajstić information content (AvgIpc) is 3.13. The molecule has 1 unspecified atom stereocenters. The maximum Gasteiger partial charge on any atom is 0.0933 e. The highest BCUT2D eigenvalue weighted by Crippen LogP contribution is 2.34. The van der Waals surface area contributed by atoms with Crippen LogP contribution in [0.5, 0.6) is 0 Å². The first-order valence-electron chi connectivity index (χ1n) is 6.31. The first-order chi connectivity index (χ1) is 7.90. The Hall–Kier alpha value is -0.860. The first-order valence-corrected chi connectivity index (χ1v) is 6.31. The molecule has 1 atom stereocenters. The molecule has 2 heteroatoms. The summed E-state index contributed by atoms with van der Waals surface area (Å²) in [5.74, 6) is 0.857. The lowest BCUT2D eigenvalue weighted by Gasteiger charge is -2.17. The van der Waals surface area contributed by atoms with Crippen molar-refractivity contribution in [2.24, 2.45) is 5.92 Å². The number of hydrogen-bond donors (Lipinski definition) is 1. The fraction of sp³-hybridized carbons (Fsp3) is 0.571. The molecule has 0 radical (unpaired) electrons. The van der Waals surface area contributed by atoms with Gasteiger partial charge in [-0.3, -0.25) is 4.84 Å². The van der Waals surface area contributed by atoms with Gasteiger partial charge in [-0.15, -0.1) is 0 Å². The van der Waals surface area contributed by atoms with E-state index in [0.717, 1.165) is 5.92 Å². The molecule has 1 aromatic carbocycles. The third-order valence-electron chi connectivity index (χ3n) is 3.11. The molecular formula is C14H21NO. The minimum Gasteiger partial charge on any atom is -0.297 e. The highest BCUT2D eigenvalue weighted by Gasteiger charge is 2.30. The van der Waals surface area contributed by atoms with Gasteiger partial charge >= 0.3 is 0 Å². The molecule has 0 heterocycles. The molecule has 1 aromatic rings. The van der Waals surface area contributed by atoms with Crippen molar-refractivity contribution >= 4 is 0 Å². The summed E-state index contributed by atoms with van der Waals surface area (Å²) in [5, 5.41) is 0. The van der Waals surface area contributed by atoms with Crippen LogP contribution in [0.15, 0.2) is 30.3 Å². The van der Waals surface area contributed by atoms with Crippen molar-refractivity contribution in [1.82, 2.24) is 5.48 Å². The second-order valence-electron chi connectivity index (χ2n) is 4.62. The molecule has 0 aromatic heterocycles. The van der Waals surface area contributed by atoms with Crippen LogP contribution in [0, 0.1) is 5.92 Å². The van der Waals surface area contributed by atoms with Crippen molar-refractivity contribution in [3.05, 3.63) is 35.9 Å². The molecule has 2 rings (SSSR count). The fourth-order valence-electron chi connectivity index (χ4n) is 2.01. The lowest BCUT2D eigenvalue weighted by Crippen LogP contribution is -2.30. The van der Waals surface area contributed by atoms with E-state index in [1.807, 2.05) is 18.2 Å². The number of hydroxylamine groups is 1. The third-order valence-corrected chi connectivity index (χ3v) is 3.11. The van der Waals surface area contributed by atoms with Crippen LogP contribution in [0.25, 0.3) is 0 Å². The zero-order chi connectivity index (χ0) is 11.2. The zero-order valence-electron chi connectivity index (χ0n) is 9.99. The Morgan fingerprint density at radius 1 is 1.31 bits per heavy atom. The summed E-state index contributed by atoms with van der Waals surface area (Å²) in [6.07, 6.45) is 5.18. The molecule has 88 valence electrons. The van der Waals surface area contributed by atoms with E-state index in [0.29, 0.717) is 12.6 Å². The van der Waals surface area contributed by atoms with Crippen LogP contribution < -0.4 is 5.48 Å². The molecule has 1 saturated carbocycles. The number of benzene rings is 1. The summed E-state index contributed by atoms with van der Waals surface area (Å²) >= 11 is 0. The van der Waals surface area contributed by atoms with Gasteiger partial charge in [-0.2, -0.15) is 5.48 Å². The van der Waals surface area contributed by atoms with Crippen LogP contribution in [0.4, 0.5) is 0 Å². The molecular weight excluding hydrogens is 198 g/mol. The van der Waals surface area contributed by atoms with Crippen LogP contribution in [0.1, 0.15) is 38.2 Å². The van der Waals surface area contributed by atoms with E-state index >= 15 is 0 Å². The smallest absolute Gasteiger partial charge is 0.0933 e. The number of nitrogens with one attached hydrogen (secondary N) is 1. The molecule has 1 fully saturated rings. The quantitative estimate of drug-likeness (QED) is 0.710. The molecule has 0 saturated heterocycles. The molecule has 0 aliphatic heterocycles. The predicted octanol–water partition coefficient (Wildman–Crippen LogP) is 3.29. The highest BCUT2D eigenvalue weighted by molar-refractivity contribution is 5.13. The van der Waals surface area contributed by atoms with E-state index in [2.05, 4.69) is 24.5 Å². The largest absolute Gasteiger partial charge is 0.297 e. The van der Waals surface area contributed by atoms with Gasteiger partial charge in [0, 0.05) is 6.04 Å². The minimum absolute atomic E-state index is 0.564. The molecule has 1 aliphatic carbocycles. The van der Waals surface area contributed by atoms with Gasteiger partial charge in [0.1, 0.15) is 0 Å². The van der Waals surface area contributed by atoms with E-state index < -0.39 is 0 Å². The lowest BCUT2D eigenvalue weighted by molar-refractivity contribution is -0.00365. The van der Waals surface area contributed by atoms with E-state index in [-0.39, 0.29) is 0 Å². The van der Waals surface area contributed by atoms with E-state index in [1.165, 1.54) is 31.2 Å². The Kier molecular flexibility index (Phi) is 4.37. The van der Waals surface area contributed by atoms with Gasteiger partial charge in [-0.1, -0.05) is 43.7 Å². The van der Waals surface area contributed by atoms with Crippen LogP contribution in [-0.2, 0) is 11.4 Å². The van der Waals surface area contributed by atoms with E-state index in [1.54, 1.807) is 0 Å². The summed E-state index contributed by atoms with van der Waals surface area (Å²) in [4.78, 5) is 5.59. The van der Waals surface area contributed by atoms with Crippen molar-refractivity contribution in [3.63, 3.8) is 0 Å². The summed E-state index contributed by atoms with van der Waals surface area (Å²) < 4.78 is 0. The molecule has 2 nitrogen and oxygen atoms in total. The van der Waals surface area contributed by atoms with Crippen molar-refractivity contribution in [2.45, 2.75) is 45.3 Å². The molecule has 0 spiro atoms. The van der Waals surface area contributed by atoms with Crippen LogP contribution in [0.3, 0.4) is 0 Å². The molecule has 1 aliphatic rings. The molecule has 1 N–H and O–H groups in total. The first kappa shape index (κ1) is 11.6. The SMILES string of the molecule is CCCC(NOCc1ccccc1)C1CC1. The number of rotatable bonds is 7. The van der Waals surface area contributed by atoms with Gasteiger partial charge < -0.3 is 0 Å². The van der Waals surface area contributed by atoms with Crippen LogP contribution >= 0.6 is 0 Å². The summed E-state index contributed by atoms with van der Waals surface area (Å²) in [6.45, 7) is 2.89. The van der Waals surface area contributed by atoms with E-state index in [9.17, 15) is 0 Å². The monoisotopic (exact) mass is 219 g/mol. The summed E-state index contributed by atoms with van der Waals surface area (Å²) in [6, 6.07) is 10.9. The van der Waals surface area contributed by atoms with Crippen LogP contribution in [-0.4, -0.2) is 6.04 Å². The van der Waals surface area contributed by atoms with Crippen LogP contribution in [0.2, 0.25) is 0 Å². The van der Waals surface area contributed by atoms with Gasteiger partial charge in [-0.25, -0.2) is 0 Å². The van der Waals surface area contributed by atoms with Gasteiger partial charge in [0.2, 0.25) is 0 Å². The van der Waals surface area contributed by atoms with Crippen molar-refractivity contribution < 1.29 is 4.84 Å². The molecule has 16 heavy (non-hydrogen) atoms. The second-order valence-corrected chi connectivity index (χ2v) is 4.62. The lowest BCUT2D eigenvalue weighted by atomic mass is 10.1. The maximum atomic E-state index is 5.59. The Balaban J connectivity index is 1.70. The van der Waals surface area contributed by atoms with Crippen molar-refractivity contribution in [2.75, 3.05) is 0 Å². The summed E-state index contributed by atoms with van der Waals surface area (Å²) in [5.41, 5.74) is 4.45. The Morgan fingerprint density at radius 3 is 2.69 bits per heavy atom.